The number of hydrogen-bond donors (Lipinski definition) is 6. The van der Waals surface area contributed by atoms with Gasteiger partial charge in [0, 0.05) is 13.0 Å². The number of nitrogens with one attached hydrogen (secondary N) is 2. The van der Waals surface area contributed by atoms with Crippen LogP contribution in [0.1, 0.15) is 52.4 Å². The Morgan fingerprint density at radius 3 is 2.24 bits per heavy atom. The number of carbonyl (C=O) groups is 6. The quantitative estimate of drug-likeness (QED) is 0.177. The van der Waals surface area contributed by atoms with E-state index in [0.717, 1.165) is 4.90 Å². The van der Waals surface area contributed by atoms with E-state index < -0.39 is 72.1 Å². The minimum atomic E-state index is -1.40. The second-order valence-electron chi connectivity index (χ2n) is 8.17. The molecule has 186 valence electrons. The van der Waals surface area contributed by atoms with Crippen molar-refractivity contribution in [3.05, 3.63) is 0 Å². The molecular weight excluding hydrogens is 438 g/mol. The van der Waals surface area contributed by atoms with E-state index in [9.17, 15) is 33.9 Å². The molecule has 1 aliphatic rings. The summed E-state index contributed by atoms with van der Waals surface area (Å²) in [6.45, 7) is 3.61. The Balaban J connectivity index is 3.00. The smallest absolute Gasteiger partial charge is 0.326 e. The number of amides is 4. The molecule has 13 nitrogen and oxygen atoms in total. The maximum atomic E-state index is 13.0. The lowest BCUT2D eigenvalue weighted by Crippen LogP contribution is -2.59. The molecule has 1 rings (SSSR count). The van der Waals surface area contributed by atoms with Crippen LogP contribution in [0.25, 0.3) is 0 Å². The molecule has 1 fully saturated rings. The molecule has 8 N–H and O–H groups in total. The zero-order valence-electron chi connectivity index (χ0n) is 18.8. The number of rotatable bonds is 13. The minimum absolute atomic E-state index is 0.135. The second-order valence-corrected chi connectivity index (χ2v) is 8.17. The first-order valence-electron chi connectivity index (χ1n) is 10.8. The number of hydrogen-bond acceptors (Lipinski definition) is 7. The van der Waals surface area contributed by atoms with Gasteiger partial charge in [-0.2, -0.15) is 0 Å². The molecule has 13 heteroatoms. The third-order valence-electron chi connectivity index (χ3n) is 5.64. The summed E-state index contributed by atoms with van der Waals surface area (Å²) in [6.07, 6.45) is 0.157. The van der Waals surface area contributed by atoms with E-state index in [0.29, 0.717) is 12.8 Å². The number of aliphatic carboxylic acids is 2. The van der Waals surface area contributed by atoms with Gasteiger partial charge in [-0.1, -0.05) is 20.3 Å². The number of carboxylic acids is 2. The monoisotopic (exact) mass is 471 g/mol. The van der Waals surface area contributed by atoms with E-state index in [2.05, 4.69) is 10.6 Å². The lowest BCUT2D eigenvalue weighted by molar-refractivity contribution is -0.149. The molecule has 4 amide bonds. The standard InChI is InChI=1S/C20H33N5O8/c1-3-10(2)16(24-17(29)11(21)6-7-15(27)28)18(30)23-12(9-14(22)26)19(31)25-8-4-5-13(25)20(32)33/h10-13,16H,3-9,21H2,1-2H3,(H2,22,26)(H,23,30)(H,24,29)(H,27,28)(H,32,33). The summed E-state index contributed by atoms with van der Waals surface area (Å²) in [5, 5.41) is 23.0. The van der Waals surface area contributed by atoms with Crippen molar-refractivity contribution >= 4 is 35.6 Å². The number of likely N-dealkylation sites (tertiary alicyclic amines) is 1. The molecule has 1 heterocycles. The fourth-order valence-electron chi connectivity index (χ4n) is 3.52. The number of primary amides is 1. The molecule has 0 saturated carbocycles. The molecule has 0 aromatic carbocycles. The fraction of sp³-hybridized carbons (Fsp3) is 0.700. The van der Waals surface area contributed by atoms with Crippen LogP contribution in [0.4, 0.5) is 0 Å². The molecule has 0 bridgehead atoms. The first kappa shape index (κ1) is 27.8. The summed E-state index contributed by atoms with van der Waals surface area (Å²) in [6, 6.07) is -4.76. The van der Waals surface area contributed by atoms with E-state index in [-0.39, 0.29) is 25.8 Å². The molecule has 0 spiro atoms. The minimum Gasteiger partial charge on any atom is -0.481 e. The van der Waals surface area contributed by atoms with Gasteiger partial charge >= 0.3 is 11.9 Å². The summed E-state index contributed by atoms with van der Waals surface area (Å²) in [5.41, 5.74) is 10.9. The predicted molar refractivity (Wildman–Crippen MR) is 114 cm³/mol. The molecule has 0 aliphatic carbocycles. The van der Waals surface area contributed by atoms with Crippen LogP contribution in [0.15, 0.2) is 0 Å². The van der Waals surface area contributed by atoms with Crippen molar-refractivity contribution in [1.82, 2.24) is 15.5 Å². The van der Waals surface area contributed by atoms with Gasteiger partial charge < -0.3 is 37.2 Å². The Morgan fingerprint density at radius 1 is 1.09 bits per heavy atom. The number of nitrogens with zero attached hydrogens (tertiary/aromatic N) is 1. The molecule has 0 aromatic heterocycles. The Kier molecular flexibility index (Phi) is 10.7. The van der Waals surface area contributed by atoms with Crippen LogP contribution in [0.2, 0.25) is 0 Å². The van der Waals surface area contributed by atoms with Crippen molar-refractivity contribution in [2.75, 3.05) is 6.54 Å². The average molecular weight is 472 g/mol. The van der Waals surface area contributed by atoms with Gasteiger partial charge in [-0.3, -0.25) is 24.0 Å². The predicted octanol–water partition coefficient (Wildman–Crippen LogP) is -1.85. The average Bonchev–Trinajstić information content (AvgIpc) is 3.23. The molecular formula is C20H33N5O8. The van der Waals surface area contributed by atoms with Gasteiger partial charge in [0.15, 0.2) is 0 Å². The number of carbonyl (C=O) groups excluding carboxylic acids is 4. The third kappa shape index (κ3) is 8.33. The van der Waals surface area contributed by atoms with Crippen LogP contribution in [0.3, 0.4) is 0 Å². The van der Waals surface area contributed by atoms with Crippen LogP contribution in [0.5, 0.6) is 0 Å². The molecule has 33 heavy (non-hydrogen) atoms. The normalized spacial score (nSPS) is 19.1. The summed E-state index contributed by atoms with van der Waals surface area (Å²) in [4.78, 5) is 73.1. The van der Waals surface area contributed by atoms with Crippen molar-refractivity contribution < 1.29 is 39.0 Å². The van der Waals surface area contributed by atoms with Gasteiger partial charge in [0.05, 0.1) is 12.5 Å². The van der Waals surface area contributed by atoms with Crippen LogP contribution < -0.4 is 22.1 Å². The largest absolute Gasteiger partial charge is 0.481 e. The zero-order valence-corrected chi connectivity index (χ0v) is 18.8. The SMILES string of the molecule is CCC(C)C(NC(=O)C(N)CCC(=O)O)C(=O)NC(CC(N)=O)C(=O)N1CCCC1C(=O)O. The van der Waals surface area contributed by atoms with Crippen molar-refractivity contribution in [3.8, 4) is 0 Å². The van der Waals surface area contributed by atoms with E-state index in [1.54, 1.807) is 13.8 Å². The molecule has 5 atom stereocenters. The number of carboxylic acid groups (broad SMARTS) is 2. The molecule has 0 radical (unpaired) electrons. The Morgan fingerprint density at radius 2 is 1.73 bits per heavy atom. The van der Waals surface area contributed by atoms with E-state index in [1.165, 1.54) is 0 Å². The van der Waals surface area contributed by atoms with Crippen molar-refractivity contribution in [3.63, 3.8) is 0 Å². The highest BCUT2D eigenvalue weighted by Crippen LogP contribution is 2.19. The van der Waals surface area contributed by atoms with Crippen LogP contribution in [-0.2, 0) is 28.8 Å². The first-order valence-corrected chi connectivity index (χ1v) is 10.8. The fourth-order valence-corrected chi connectivity index (χ4v) is 3.52. The van der Waals surface area contributed by atoms with Crippen LogP contribution >= 0.6 is 0 Å². The van der Waals surface area contributed by atoms with Crippen LogP contribution in [-0.4, -0.2) is 81.4 Å². The third-order valence-corrected chi connectivity index (χ3v) is 5.64. The van der Waals surface area contributed by atoms with Crippen molar-refractivity contribution in [2.45, 2.75) is 76.5 Å². The van der Waals surface area contributed by atoms with E-state index >= 15 is 0 Å². The zero-order chi connectivity index (χ0) is 25.3. The Labute approximate surface area is 191 Å². The lowest BCUT2D eigenvalue weighted by atomic mass is 9.97. The number of nitrogens with two attached hydrogens (primary N) is 2. The van der Waals surface area contributed by atoms with E-state index in [1.807, 2.05) is 0 Å². The highest BCUT2D eigenvalue weighted by Gasteiger charge is 2.39. The Hall–Kier alpha value is -3.22. The van der Waals surface area contributed by atoms with E-state index in [4.69, 9.17) is 16.6 Å². The molecule has 1 aliphatic heterocycles. The highest BCUT2D eigenvalue weighted by atomic mass is 16.4. The summed E-state index contributed by atoms with van der Waals surface area (Å²) >= 11 is 0. The molecule has 1 saturated heterocycles. The van der Waals surface area contributed by atoms with Crippen molar-refractivity contribution in [2.24, 2.45) is 17.4 Å². The second kappa shape index (κ2) is 12.7. The van der Waals surface area contributed by atoms with Gasteiger partial charge in [0.25, 0.3) is 0 Å². The first-order chi connectivity index (χ1) is 15.4. The Bertz CT molecular complexity index is 774. The topological polar surface area (TPSA) is 222 Å². The van der Waals surface area contributed by atoms with Gasteiger partial charge in [0.2, 0.25) is 23.6 Å². The van der Waals surface area contributed by atoms with Gasteiger partial charge in [0.1, 0.15) is 18.1 Å². The highest BCUT2D eigenvalue weighted by molar-refractivity contribution is 5.96. The van der Waals surface area contributed by atoms with Crippen LogP contribution in [0, 0.1) is 5.92 Å². The summed E-state index contributed by atoms with van der Waals surface area (Å²) in [5.74, 6) is -5.84. The molecule has 5 unspecified atom stereocenters. The molecule has 0 aromatic rings. The van der Waals surface area contributed by atoms with Gasteiger partial charge in [-0.15, -0.1) is 0 Å². The summed E-state index contributed by atoms with van der Waals surface area (Å²) in [7, 11) is 0. The van der Waals surface area contributed by atoms with Gasteiger partial charge in [-0.25, -0.2) is 4.79 Å². The van der Waals surface area contributed by atoms with Crippen molar-refractivity contribution in [1.29, 1.82) is 0 Å². The summed E-state index contributed by atoms with van der Waals surface area (Å²) < 4.78 is 0. The van der Waals surface area contributed by atoms with Gasteiger partial charge in [-0.05, 0) is 25.2 Å². The maximum absolute atomic E-state index is 13.0. The lowest BCUT2D eigenvalue weighted by Gasteiger charge is -2.30. The maximum Gasteiger partial charge on any atom is 0.326 e.